The average Bonchev–Trinajstić information content (AvgIpc) is 3.32. The van der Waals surface area contributed by atoms with E-state index in [-0.39, 0.29) is 31.0 Å². The third kappa shape index (κ3) is 5.15. The van der Waals surface area contributed by atoms with E-state index in [0.29, 0.717) is 17.1 Å². The Hall–Kier alpha value is -2.80. The fourth-order valence-electron chi connectivity index (χ4n) is 4.27. The lowest BCUT2D eigenvalue weighted by Gasteiger charge is -2.36. The number of halogens is 2. The molecule has 1 N–H and O–H groups in total. The Morgan fingerprint density at radius 2 is 1.78 bits per heavy atom. The normalized spacial score (nSPS) is 18.8. The molecule has 2 atom stereocenters. The summed E-state index contributed by atoms with van der Waals surface area (Å²) in [6.07, 6.45) is 3.44. The van der Waals surface area contributed by atoms with Crippen LogP contribution in [0.2, 0.25) is 0 Å². The molecule has 4 rings (SSSR count). The molecule has 0 unspecified atom stereocenters. The number of hydrogen-bond donors (Lipinski definition) is 1. The second-order valence-electron chi connectivity index (χ2n) is 8.12. The third-order valence-corrected chi connectivity index (χ3v) is 6.08. The van der Waals surface area contributed by atoms with Crippen molar-refractivity contribution in [3.05, 3.63) is 59.9 Å². The van der Waals surface area contributed by atoms with E-state index in [1.54, 1.807) is 6.07 Å². The highest BCUT2D eigenvalue weighted by molar-refractivity contribution is 6.27. The van der Waals surface area contributed by atoms with Crippen molar-refractivity contribution in [2.75, 3.05) is 19.0 Å². The first-order valence-corrected chi connectivity index (χ1v) is 11.4. The van der Waals surface area contributed by atoms with Gasteiger partial charge in [0, 0.05) is 6.04 Å². The van der Waals surface area contributed by atoms with Crippen LogP contribution in [0.3, 0.4) is 0 Å². The Kier molecular flexibility index (Phi) is 7.15. The highest BCUT2D eigenvalue weighted by Gasteiger charge is 2.35. The van der Waals surface area contributed by atoms with Gasteiger partial charge in [0.1, 0.15) is 24.3 Å². The van der Waals surface area contributed by atoms with Crippen molar-refractivity contribution in [3.63, 3.8) is 0 Å². The van der Waals surface area contributed by atoms with E-state index in [0.717, 1.165) is 25.7 Å². The number of amides is 2. The lowest BCUT2D eigenvalue weighted by Crippen LogP contribution is -2.51. The van der Waals surface area contributed by atoms with Crippen molar-refractivity contribution in [3.8, 4) is 11.5 Å². The number of hydrogen-bond acceptors (Lipinski definition) is 4. The number of carbonyl (C=O) groups is 2. The molecule has 170 valence electrons. The van der Waals surface area contributed by atoms with Gasteiger partial charge < -0.3 is 19.7 Å². The summed E-state index contributed by atoms with van der Waals surface area (Å²) >= 11 is 5.92. The van der Waals surface area contributed by atoms with Gasteiger partial charge in [0.15, 0.2) is 17.6 Å². The van der Waals surface area contributed by atoms with Gasteiger partial charge in [0.2, 0.25) is 11.8 Å². The third-order valence-electron chi connectivity index (χ3n) is 5.85. The van der Waals surface area contributed by atoms with Gasteiger partial charge in [-0.2, -0.15) is 0 Å². The molecule has 0 saturated heterocycles. The smallest absolute Gasteiger partial charge is 0.247 e. The summed E-state index contributed by atoms with van der Waals surface area (Å²) in [5.41, 5.74) is 0.512. The van der Waals surface area contributed by atoms with Crippen LogP contribution in [-0.4, -0.2) is 47.9 Å². The van der Waals surface area contributed by atoms with E-state index in [1.165, 1.54) is 29.2 Å². The Morgan fingerprint density at radius 3 is 2.47 bits per heavy atom. The molecule has 8 heteroatoms. The molecule has 0 aromatic heterocycles. The van der Waals surface area contributed by atoms with Gasteiger partial charge in [-0.1, -0.05) is 37.1 Å². The molecule has 32 heavy (non-hydrogen) atoms. The average molecular weight is 461 g/mol. The van der Waals surface area contributed by atoms with E-state index in [2.05, 4.69) is 5.32 Å². The van der Waals surface area contributed by atoms with Crippen LogP contribution in [-0.2, 0) is 9.59 Å². The first-order chi connectivity index (χ1) is 15.5. The summed E-state index contributed by atoms with van der Waals surface area (Å²) < 4.78 is 25.4. The van der Waals surface area contributed by atoms with Crippen LogP contribution in [0.5, 0.6) is 11.5 Å². The number of para-hydroxylation sites is 2. The second-order valence-corrected chi connectivity index (χ2v) is 8.39. The molecule has 2 aliphatic rings. The molecule has 2 amide bonds. The van der Waals surface area contributed by atoms with Gasteiger partial charge in [0.25, 0.3) is 0 Å². The summed E-state index contributed by atoms with van der Waals surface area (Å²) in [6.45, 7) is 0.323. The van der Waals surface area contributed by atoms with Crippen LogP contribution in [0.4, 0.5) is 4.39 Å². The molecule has 0 spiro atoms. The van der Waals surface area contributed by atoms with Crippen LogP contribution in [0, 0.1) is 5.82 Å². The Labute approximate surface area is 191 Å². The highest BCUT2D eigenvalue weighted by Crippen LogP contribution is 2.32. The maximum Gasteiger partial charge on any atom is 0.247 e. The number of nitrogens with one attached hydrogen (secondary N) is 1. The minimum Gasteiger partial charge on any atom is -0.486 e. The summed E-state index contributed by atoms with van der Waals surface area (Å²) in [4.78, 5) is 27.7. The van der Waals surface area contributed by atoms with Gasteiger partial charge in [-0.3, -0.25) is 9.59 Å². The number of ether oxygens (including phenoxy) is 2. The molecule has 0 radical (unpaired) electrons. The van der Waals surface area contributed by atoms with Gasteiger partial charge in [0.05, 0.1) is 6.54 Å². The summed E-state index contributed by atoms with van der Waals surface area (Å²) in [5, 5.41) is 3.06. The molecule has 1 heterocycles. The van der Waals surface area contributed by atoms with E-state index < -0.39 is 23.9 Å². The first kappa shape index (κ1) is 22.4. The molecule has 1 aliphatic carbocycles. The van der Waals surface area contributed by atoms with E-state index in [1.807, 2.05) is 18.2 Å². The molecular formula is C24H26ClFN2O4. The minimum absolute atomic E-state index is 0.0690. The molecule has 2 aromatic rings. The lowest BCUT2D eigenvalue weighted by molar-refractivity contribution is -0.141. The molecule has 6 nitrogen and oxygen atoms in total. The Morgan fingerprint density at radius 1 is 1.09 bits per heavy atom. The molecule has 0 bridgehead atoms. The lowest BCUT2D eigenvalue weighted by atomic mass is 10.0. The maximum atomic E-state index is 13.6. The van der Waals surface area contributed by atoms with E-state index in [4.69, 9.17) is 21.1 Å². The van der Waals surface area contributed by atoms with Gasteiger partial charge in [-0.25, -0.2) is 4.39 Å². The monoisotopic (exact) mass is 460 g/mol. The molecule has 1 aliphatic heterocycles. The standard InChI is InChI=1S/C24H26ClFN2O4/c25-13-22(29)28(14-19-15-31-20-7-3-4-8-21(20)32-19)23(16-9-11-17(26)12-10-16)24(30)27-18-5-1-2-6-18/h3-4,7-12,18-19,23H,1-2,5-6,13-15H2,(H,27,30)/t19-,23-/m0/s1. The SMILES string of the molecule is O=C(NC1CCCC1)[C@H](c1ccc(F)cc1)N(C[C@H]1COc2ccccc2O1)C(=O)CCl. The number of alkyl halides is 1. The van der Waals surface area contributed by atoms with Crippen molar-refractivity contribution in [2.24, 2.45) is 0 Å². The van der Waals surface area contributed by atoms with Crippen molar-refractivity contribution in [1.82, 2.24) is 10.2 Å². The van der Waals surface area contributed by atoms with E-state index in [9.17, 15) is 14.0 Å². The topological polar surface area (TPSA) is 67.9 Å². The highest BCUT2D eigenvalue weighted by atomic mass is 35.5. The van der Waals surface area contributed by atoms with Gasteiger partial charge >= 0.3 is 0 Å². The molecule has 2 aromatic carbocycles. The predicted molar refractivity (Wildman–Crippen MR) is 118 cm³/mol. The number of rotatable bonds is 7. The van der Waals surface area contributed by atoms with Crippen molar-refractivity contribution >= 4 is 23.4 Å². The maximum absolute atomic E-state index is 13.6. The predicted octanol–water partition coefficient (Wildman–Crippen LogP) is 3.83. The number of nitrogens with zero attached hydrogens (tertiary/aromatic N) is 1. The van der Waals surface area contributed by atoms with E-state index >= 15 is 0 Å². The van der Waals surface area contributed by atoms with Gasteiger partial charge in [-0.15, -0.1) is 11.6 Å². The van der Waals surface area contributed by atoms with Crippen molar-refractivity contribution in [2.45, 2.75) is 43.9 Å². The van der Waals surface area contributed by atoms with Crippen molar-refractivity contribution < 1.29 is 23.5 Å². The summed E-state index contributed by atoms with van der Waals surface area (Å²) in [6, 6.07) is 12.0. The van der Waals surface area contributed by atoms with Crippen LogP contribution < -0.4 is 14.8 Å². The number of benzene rings is 2. The van der Waals surface area contributed by atoms with Gasteiger partial charge in [-0.05, 0) is 42.7 Å². The fourth-order valence-corrected chi connectivity index (χ4v) is 4.42. The minimum atomic E-state index is -0.955. The molecule has 1 fully saturated rings. The van der Waals surface area contributed by atoms with Crippen molar-refractivity contribution in [1.29, 1.82) is 0 Å². The zero-order valence-electron chi connectivity index (χ0n) is 17.6. The molecular weight excluding hydrogens is 435 g/mol. The largest absolute Gasteiger partial charge is 0.486 e. The first-order valence-electron chi connectivity index (χ1n) is 10.8. The summed E-state index contributed by atoms with van der Waals surface area (Å²) in [7, 11) is 0. The Bertz CT molecular complexity index is 949. The van der Waals surface area contributed by atoms with Crippen LogP contribution in [0.25, 0.3) is 0 Å². The second kappa shape index (κ2) is 10.2. The van der Waals surface area contributed by atoms with Crippen LogP contribution in [0.15, 0.2) is 48.5 Å². The fraction of sp³-hybridized carbons (Fsp3) is 0.417. The number of fused-ring (bicyclic) bond motifs is 1. The van der Waals surface area contributed by atoms with Crippen LogP contribution in [0.1, 0.15) is 37.3 Å². The summed E-state index contributed by atoms with van der Waals surface area (Å²) in [5.74, 6) is -0.217. The zero-order chi connectivity index (χ0) is 22.5. The number of carbonyl (C=O) groups excluding carboxylic acids is 2. The van der Waals surface area contributed by atoms with Crippen LogP contribution >= 0.6 is 11.6 Å². The molecule has 1 saturated carbocycles. The Balaban J connectivity index is 1.60. The quantitative estimate of drug-likeness (QED) is 0.637. The zero-order valence-corrected chi connectivity index (χ0v) is 18.4.